The molecule has 0 aromatic carbocycles. The van der Waals surface area contributed by atoms with Gasteiger partial charge >= 0.3 is 0 Å². The Labute approximate surface area is 92.1 Å². The molecule has 1 heterocycles. The Kier molecular flexibility index (Phi) is 4.33. The van der Waals surface area contributed by atoms with Crippen molar-refractivity contribution in [2.45, 2.75) is 52.7 Å². The first-order valence-electron chi connectivity index (χ1n) is 5.61. The van der Waals surface area contributed by atoms with Crippen LogP contribution in [0.4, 0.5) is 0 Å². The zero-order chi connectivity index (χ0) is 11.3. The second-order valence-electron chi connectivity index (χ2n) is 5.37. The minimum absolute atomic E-state index is 0.249. The first-order chi connectivity index (χ1) is 6.97. The van der Waals surface area contributed by atoms with Crippen LogP contribution in [0.3, 0.4) is 0 Å². The molecule has 1 rings (SSSR count). The van der Waals surface area contributed by atoms with Crippen LogP contribution >= 0.6 is 0 Å². The average Bonchev–Trinajstić information content (AvgIpc) is 2.54. The third-order valence-corrected chi connectivity index (χ3v) is 2.44. The van der Waals surface area contributed by atoms with Crippen LogP contribution in [0.25, 0.3) is 0 Å². The molecule has 3 heteroatoms. The van der Waals surface area contributed by atoms with Crippen molar-refractivity contribution in [3.05, 3.63) is 18.7 Å². The topological polar surface area (TPSA) is 38.0 Å². The summed E-state index contributed by atoms with van der Waals surface area (Å²) in [6, 6.07) is 0. The summed E-state index contributed by atoms with van der Waals surface area (Å²) >= 11 is 0. The highest BCUT2D eigenvalue weighted by Gasteiger charge is 2.11. The average molecular weight is 210 g/mol. The van der Waals surface area contributed by atoms with Crippen LogP contribution in [0.15, 0.2) is 18.7 Å². The van der Waals surface area contributed by atoms with Crippen LogP contribution < -0.4 is 0 Å². The highest BCUT2D eigenvalue weighted by Crippen LogP contribution is 2.22. The molecule has 0 aliphatic carbocycles. The molecule has 1 unspecified atom stereocenters. The summed E-state index contributed by atoms with van der Waals surface area (Å²) in [5.74, 6) is 0. The van der Waals surface area contributed by atoms with Crippen molar-refractivity contribution in [2.24, 2.45) is 5.41 Å². The summed E-state index contributed by atoms with van der Waals surface area (Å²) in [5, 5.41) is 9.77. The predicted octanol–water partition coefficient (Wildman–Crippen LogP) is 2.46. The van der Waals surface area contributed by atoms with Gasteiger partial charge in [0.1, 0.15) is 0 Å². The lowest BCUT2D eigenvalue weighted by molar-refractivity contribution is 0.136. The van der Waals surface area contributed by atoms with E-state index < -0.39 is 0 Å². The molecule has 0 saturated carbocycles. The summed E-state index contributed by atoms with van der Waals surface area (Å²) in [6.07, 6.45) is 8.23. The quantitative estimate of drug-likeness (QED) is 0.810. The summed E-state index contributed by atoms with van der Waals surface area (Å²) in [6.45, 7) is 7.35. The maximum Gasteiger partial charge on any atom is 0.0946 e. The summed E-state index contributed by atoms with van der Waals surface area (Å²) in [7, 11) is 0. The number of imidazole rings is 1. The normalized spacial score (nSPS) is 14.1. The Morgan fingerprint density at radius 1 is 1.40 bits per heavy atom. The van der Waals surface area contributed by atoms with E-state index in [9.17, 15) is 5.11 Å². The van der Waals surface area contributed by atoms with Gasteiger partial charge in [0.25, 0.3) is 0 Å². The standard InChI is InChI=1S/C12H22N2O/c1-12(2,3)6-4-5-11(15)9-14-8-7-13-10-14/h7-8,10-11,15H,4-6,9H2,1-3H3. The smallest absolute Gasteiger partial charge is 0.0946 e. The number of hydrogen-bond acceptors (Lipinski definition) is 2. The van der Waals surface area contributed by atoms with Crippen molar-refractivity contribution in [1.82, 2.24) is 9.55 Å². The van der Waals surface area contributed by atoms with Crippen molar-refractivity contribution in [2.75, 3.05) is 0 Å². The third-order valence-electron chi connectivity index (χ3n) is 2.44. The van der Waals surface area contributed by atoms with Gasteiger partial charge in [-0.25, -0.2) is 4.98 Å². The van der Waals surface area contributed by atoms with Crippen molar-refractivity contribution in [1.29, 1.82) is 0 Å². The molecule has 0 amide bonds. The molecule has 0 spiro atoms. The summed E-state index contributed by atoms with van der Waals surface area (Å²) < 4.78 is 1.92. The molecule has 1 N–H and O–H groups in total. The van der Waals surface area contributed by atoms with Crippen LogP contribution in [-0.4, -0.2) is 20.8 Å². The van der Waals surface area contributed by atoms with Gasteiger partial charge in [-0.05, 0) is 18.3 Å². The van der Waals surface area contributed by atoms with Crippen molar-refractivity contribution in [3.63, 3.8) is 0 Å². The molecule has 0 radical (unpaired) electrons. The molecule has 86 valence electrons. The van der Waals surface area contributed by atoms with Gasteiger partial charge < -0.3 is 9.67 Å². The Bertz CT molecular complexity index is 262. The van der Waals surface area contributed by atoms with E-state index in [1.54, 1.807) is 12.5 Å². The molecule has 0 fully saturated rings. The van der Waals surface area contributed by atoms with Crippen LogP contribution in [0.5, 0.6) is 0 Å². The lowest BCUT2D eigenvalue weighted by Crippen LogP contribution is -2.16. The Balaban J connectivity index is 2.17. The van der Waals surface area contributed by atoms with E-state index in [1.165, 1.54) is 0 Å². The third kappa shape index (κ3) is 5.57. The lowest BCUT2D eigenvalue weighted by Gasteiger charge is -2.19. The van der Waals surface area contributed by atoms with Crippen molar-refractivity contribution < 1.29 is 5.11 Å². The molecule has 15 heavy (non-hydrogen) atoms. The summed E-state index contributed by atoms with van der Waals surface area (Å²) in [5.41, 5.74) is 0.370. The van der Waals surface area contributed by atoms with Crippen LogP contribution in [0.2, 0.25) is 0 Å². The van der Waals surface area contributed by atoms with E-state index >= 15 is 0 Å². The van der Waals surface area contributed by atoms with Gasteiger partial charge in [-0.3, -0.25) is 0 Å². The fourth-order valence-corrected chi connectivity index (χ4v) is 1.60. The lowest BCUT2D eigenvalue weighted by atomic mass is 9.89. The van der Waals surface area contributed by atoms with Gasteiger partial charge in [-0.1, -0.05) is 27.2 Å². The van der Waals surface area contributed by atoms with E-state index in [1.807, 2.05) is 10.8 Å². The molecule has 1 aromatic rings. The van der Waals surface area contributed by atoms with Gasteiger partial charge in [0, 0.05) is 18.9 Å². The van der Waals surface area contributed by atoms with Crippen LogP contribution in [0.1, 0.15) is 40.0 Å². The molecule has 0 bridgehead atoms. The van der Waals surface area contributed by atoms with Crippen LogP contribution in [0, 0.1) is 5.41 Å². The first-order valence-corrected chi connectivity index (χ1v) is 5.61. The number of rotatable bonds is 5. The van der Waals surface area contributed by atoms with Gasteiger partial charge in [0.05, 0.1) is 12.4 Å². The second kappa shape index (κ2) is 5.31. The first kappa shape index (κ1) is 12.2. The molecule has 0 aliphatic rings. The molecule has 1 aromatic heterocycles. The van der Waals surface area contributed by atoms with Crippen LogP contribution in [-0.2, 0) is 6.54 Å². The molecule has 0 saturated heterocycles. The Hall–Kier alpha value is -0.830. The minimum atomic E-state index is -0.249. The number of aliphatic hydroxyl groups is 1. The largest absolute Gasteiger partial charge is 0.391 e. The number of aromatic nitrogens is 2. The van der Waals surface area contributed by atoms with Gasteiger partial charge in [0.2, 0.25) is 0 Å². The molecular formula is C12H22N2O. The van der Waals surface area contributed by atoms with Gasteiger partial charge in [-0.2, -0.15) is 0 Å². The summed E-state index contributed by atoms with van der Waals surface area (Å²) in [4.78, 5) is 3.95. The van der Waals surface area contributed by atoms with Crippen molar-refractivity contribution >= 4 is 0 Å². The number of hydrogen-bond donors (Lipinski definition) is 1. The molecular weight excluding hydrogens is 188 g/mol. The fourth-order valence-electron chi connectivity index (χ4n) is 1.60. The zero-order valence-electron chi connectivity index (χ0n) is 9.98. The fraction of sp³-hybridized carbons (Fsp3) is 0.750. The van der Waals surface area contributed by atoms with E-state index in [4.69, 9.17) is 0 Å². The molecule has 0 aliphatic heterocycles. The Morgan fingerprint density at radius 3 is 2.67 bits per heavy atom. The van der Waals surface area contributed by atoms with Gasteiger partial charge in [-0.15, -0.1) is 0 Å². The van der Waals surface area contributed by atoms with E-state index in [0.29, 0.717) is 12.0 Å². The Morgan fingerprint density at radius 2 is 2.13 bits per heavy atom. The molecule has 1 atom stereocenters. The van der Waals surface area contributed by atoms with E-state index in [-0.39, 0.29) is 6.10 Å². The second-order valence-corrected chi connectivity index (χ2v) is 5.37. The zero-order valence-corrected chi connectivity index (χ0v) is 9.98. The number of aliphatic hydroxyl groups excluding tert-OH is 1. The van der Waals surface area contributed by atoms with Gasteiger partial charge in [0.15, 0.2) is 0 Å². The monoisotopic (exact) mass is 210 g/mol. The van der Waals surface area contributed by atoms with E-state index in [2.05, 4.69) is 25.8 Å². The maximum absolute atomic E-state index is 9.77. The highest BCUT2D eigenvalue weighted by molar-refractivity contribution is 4.75. The minimum Gasteiger partial charge on any atom is -0.391 e. The maximum atomic E-state index is 9.77. The number of nitrogens with zero attached hydrogens (tertiary/aromatic N) is 2. The molecule has 3 nitrogen and oxygen atoms in total. The highest BCUT2D eigenvalue weighted by atomic mass is 16.3. The predicted molar refractivity (Wildman–Crippen MR) is 61.5 cm³/mol. The van der Waals surface area contributed by atoms with E-state index in [0.717, 1.165) is 19.3 Å². The SMILES string of the molecule is CC(C)(C)CCCC(O)Cn1ccnc1. The van der Waals surface area contributed by atoms with Crippen molar-refractivity contribution in [3.8, 4) is 0 Å².